The molecule has 0 aromatic rings. The summed E-state index contributed by atoms with van der Waals surface area (Å²) in [7, 11) is 1.49. The van der Waals surface area contributed by atoms with Crippen molar-refractivity contribution in [3.63, 3.8) is 0 Å². The van der Waals surface area contributed by atoms with E-state index in [1.54, 1.807) is 0 Å². The van der Waals surface area contributed by atoms with E-state index in [0.717, 1.165) is 0 Å². The summed E-state index contributed by atoms with van der Waals surface area (Å²) in [5.74, 6) is -1.17. The average molecular weight is 200 g/mol. The maximum Gasteiger partial charge on any atom is 0.326 e. The molecule has 0 spiro atoms. The summed E-state index contributed by atoms with van der Waals surface area (Å²) in [6.45, 7) is 5.30. The third-order valence-corrected chi connectivity index (χ3v) is 2.04. The first-order valence-electron chi connectivity index (χ1n) is 4.41. The molecule has 80 valence electrons. The summed E-state index contributed by atoms with van der Waals surface area (Å²) in [6, 6.07) is -0.779. The van der Waals surface area contributed by atoms with Gasteiger partial charge in [0.2, 0.25) is 5.91 Å². The number of carbonyl (C=O) groups excluding carboxylic acids is 1. The van der Waals surface area contributed by atoms with Crippen LogP contribution in [0.1, 0.15) is 19.8 Å². The lowest BCUT2D eigenvalue weighted by atomic mass is 10.2. The van der Waals surface area contributed by atoms with Crippen molar-refractivity contribution < 1.29 is 14.7 Å². The number of carboxylic acids is 1. The molecule has 0 unspecified atom stereocenters. The molecule has 0 heterocycles. The Morgan fingerprint density at radius 3 is 2.57 bits per heavy atom. The fourth-order valence-electron chi connectivity index (χ4n) is 0.900. The number of nitrogens with zero attached hydrogens (tertiary/aromatic N) is 2. The van der Waals surface area contributed by atoms with Crippen molar-refractivity contribution in [2.75, 3.05) is 13.6 Å². The molecule has 5 heteroatoms. The normalized spacial score (nSPS) is 11.9. The molecule has 0 rings (SSSR count). The van der Waals surface area contributed by atoms with E-state index in [-0.39, 0.29) is 5.91 Å². The summed E-state index contributed by atoms with van der Waals surface area (Å²) in [6.07, 6.45) is 0.923. The third kappa shape index (κ3) is 4.02. The van der Waals surface area contributed by atoms with Crippen LogP contribution in [0.5, 0.6) is 0 Å². The predicted octanol–water partition coefficient (Wildman–Crippen LogP) is 0.399. The molecule has 0 aliphatic rings. The minimum Gasteiger partial charge on any atom is -0.480 e. The highest BCUT2D eigenvalue weighted by molar-refractivity contribution is 5.83. The Bertz CT molecular complexity index is 228. The van der Waals surface area contributed by atoms with Crippen molar-refractivity contribution >= 4 is 18.6 Å². The number of aliphatic imine (C=N–C) groups is 1. The van der Waals surface area contributed by atoms with Crippen molar-refractivity contribution in [1.82, 2.24) is 4.90 Å². The second-order valence-corrected chi connectivity index (χ2v) is 3.07. The smallest absolute Gasteiger partial charge is 0.326 e. The van der Waals surface area contributed by atoms with Crippen LogP contribution in [0.2, 0.25) is 0 Å². The van der Waals surface area contributed by atoms with Gasteiger partial charge in [0.1, 0.15) is 6.04 Å². The first-order valence-corrected chi connectivity index (χ1v) is 4.41. The molecule has 0 saturated carbocycles. The summed E-state index contributed by atoms with van der Waals surface area (Å²) in [4.78, 5) is 26.8. The molecular formula is C9H16N2O3. The Morgan fingerprint density at radius 1 is 1.57 bits per heavy atom. The van der Waals surface area contributed by atoms with Crippen LogP contribution >= 0.6 is 0 Å². The average Bonchev–Trinajstić information content (AvgIpc) is 2.15. The fourth-order valence-corrected chi connectivity index (χ4v) is 0.900. The van der Waals surface area contributed by atoms with Crippen LogP contribution in [-0.4, -0.2) is 48.2 Å². The van der Waals surface area contributed by atoms with E-state index in [1.165, 1.54) is 18.9 Å². The van der Waals surface area contributed by atoms with E-state index in [1.807, 2.05) is 0 Å². The number of likely N-dealkylation sites (N-methyl/N-ethyl adjacent to an activating group) is 1. The van der Waals surface area contributed by atoms with Gasteiger partial charge in [-0.05, 0) is 20.1 Å². The molecule has 0 aromatic carbocycles. The number of amides is 1. The molecule has 0 aliphatic carbocycles. The minimum atomic E-state index is -0.998. The van der Waals surface area contributed by atoms with Crippen LogP contribution in [0.15, 0.2) is 4.99 Å². The molecule has 0 bridgehead atoms. The Hall–Kier alpha value is -1.39. The number of carbonyl (C=O) groups is 2. The van der Waals surface area contributed by atoms with Crippen LogP contribution in [0.25, 0.3) is 0 Å². The van der Waals surface area contributed by atoms with Crippen molar-refractivity contribution in [1.29, 1.82) is 0 Å². The zero-order valence-electron chi connectivity index (χ0n) is 8.56. The standard InChI is InChI=1S/C9H16N2O3/c1-7(9(13)14)11(3)8(12)5-4-6-10-2/h7H,2,4-6H2,1,3H3,(H,13,14)/t7-/m0/s1. The van der Waals surface area contributed by atoms with E-state index < -0.39 is 12.0 Å². The Morgan fingerprint density at radius 2 is 2.14 bits per heavy atom. The Labute approximate surface area is 83.4 Å². The van der Waals surface area contributed by atoms with Gasteiger partial charge in [0.25, 0.3) is 0 Å². The second-order valence-electron chi connectivity index (χ2n) is 3.07. The molecule has 0 fully saturated rings. The number of carboxylic acid groups (broad SMARTS) is 1. The molecule has 1 N–H and O–H groups in total. The summed E-state index contributed by atoms with van der Waals surface area (Å²) >= 11 is 0. The first kappa shape index (κ1) is 12.6. The molecule has 0 radical (unpaired) electrons. The molecule has 0 saturated heterocycles. The van der Waals surface area contributed by atoms with Crippen LogP contribution in [-0.2, 0) is 9.59 Å². The van der Waals surface area contributed by atoms with Gasteiger partial charge in [-0.1, -0.05) is 0 Å². The topological polar surface area (TPSA) is 70.0 Å². The van der Waals surface area contributed by atoms with Crippen molar-refractivity contribution in [2.45, 2.75) is 25.8 Å². The van der Waals surface area contributed by atoms with E-state index in [9.17, 15) is 9.59 Å². The van der Waals surface area contributed by atoms with Gasteiger partial charge in [-0.15, -0.1) is 0 Å². The highest BCUT2D eigenvalue weighted by atomic mass is 16.4. The van der Waals surface area contributed by atoms with Gasteiger partial charge in [0.15, 0.2) is 0 Å². The molecule has 1 amide bonds. The molecular weight excluding hydrogens is 184 g/mol. The van der Waals surface area contributed by atoms with Crippen LogP contribution in [0, 0.1) is 0 Å². The SMILES string of the molecule is C=NCCCC(=O)N(C)[C@@H](C)C(=O)O. The van der Waals surface area contributed by atoms with Crippen LogP contribution in [0.4, 0.5) is 0 Å². The van der Waals surface area contributed by atoms with Crippen LogP contribution < -0.4 is 0 Å². The zero-order valence-corrected chi connectivity index (χ0v) is 8.56. The summed E-state index contributed by atoms with van der Waals surface area (Å²) in [5, 5.41) is 8.65. The number of rotatable bonds is 6. The van der Waals surface area contributed by atoms with Crippen LogP contribution in [0.3, 0.4) is 0 Å². The lowest BCUT2D eigenvalue weighted by Crippen LogP contribution is -2.40. The van der Waals surface area contributed by atoms with Gasteiger partial charge < -0.3 is 15.0 Å². The van der Waals surface area contributed by atoms with Gasteiger partial charge in [-0.2, -0.15) is 0 Å². The quantitative estimate of drug-likeness (QED) is 0.498. The highest BCUT2D eigenvalue weighted by Gasteiger charge is 2.20. The molecule has 14 heavy (non-hydrogen) atoms. The monoisotopic (exact) mass is 200 g/mol. The van der Waals surface area contributed by atoms with Gasteiger partial charge in [-0.3, -0.25) is 4.79 Å². The van der Waals surface area contributed by atoms with E-state index >= 15 is 0 Å². The third-order valence-electron chi connectivity index (χ3n) is 2.04. The van der Waals surface area contributed by atoms with E-state index in [0.29, 0.717) is 19.4 Å². The van der Waals surface area contributed by atoms with Crippen molar-refractivity contribution in [3.05, 3.63) is 0 Å². The summed E-state index contributed by atoms with van der Waals surface area (Å²) in [5.41, 5.74) is 0. The van der Waals surface area contributed by atoms with Gasteiger partial charge in [0.05, 0.1) is 0 Å². The van der Waals surface area contributed by atoms with Gasteiger partial charge in [0, 0.05) is 20.0 Å². The Balaban J connectivity index is 3.98. The van der Waals surface area contributed by atoms with Crippen molar-refractivity contribution in [3.8, 4) is 0 Å². The fraction of sp³-hybridized carbons (Fsp3) is 0.667. The predicted molar refractivity (Wildman–Crippen MR) is 53.5 cm³/mol. The van der Waals surface area contributed by atoms with Gasteiger partial charge in [-0.25, -0.2) is 4.79 Å². The highest BCUT2D eigenvalue weighted by Crippen LogP contribution is 2.01. The van der Waals surface area contributed by atoms with E-state index in [2.05, 4.69) is 11.7 Å². The molecule has 0 aliphatic heterocycles. The maximum absolute atomic E-state index is 11.4. The molecule has 5 nitrogen and oxygen atoms in total. The van der Waals surface area contributed by atoms with Gasteiger partial charge >= 0.3 is 5.97 Å². The lowest BCUT2D eigenvalue weighted by molar-refractivity contribution is -0.148. The number of hydrogen-bond donors (Lipinski definition) is 1. The van der Waals surface area contributed by atoms with Crippen molar-refractivity contribution in [2.24, 2.45) is 4.99 Å². The second kappa shape index (κ2) is 6.12. The lowest BCUT2D eigenvalue weighted by Gasteiger charge is -2.21. The Kier molecular flexibility index (Phi) is 5.52. The number of aliphatic carboxylic acids is 1. The zero-order chi connectivity index (χ0) is 11.1. The maximum atomic E-state index is 11.4. The minimum absolute atomic E-state index is 0.177. The molecule has 0 aromatic heterocycles. The van der Waals surface area contributed by atoms with E-state index in [4.69, 9.17) is 5.11 Å². The number of hydrogen-bond acceptors (Lipinski definition) is 3. The molecule has 1 atom stereocenters. The largest absolute Gasteiger partial charge is 0.480 e. The summed E-state index contributed by atoms with van der Waals surface area (Å²) < 4.78 is 0. The first-order chi connectivity index (χ1) is 6.50.